The molecule has 0 saturated carbocycles. The van der Waals surface area contributed by atoms with Gasteiger partial charge in [0.2, 0.25) is 0 Å². The number of phenols is 1. The summed E-state index contributed by atoms with van der Waals surface area (Å²) in [6, 6.07) is 11.8. The lowest BCUT2D eigenvalue weighted by atomic mass is 9.78. The molecule has 1 aliphatic rings. The minimum atomic E-state index is -0.344. The Kier molecular flexibility index (Phi) is 3.71. The summed E-state index contributed by atoms with van der Waals surface area (Å²) in [5, 5.41) is 13.6. The molecule has 0 aliphatic carbocycles. The molecule has 116 valence electrons. The third-order valence-corrected chi connectivity index (χ3v) is 4.46. The van der Waals surface area contributed by atoms with Crippen molar-refractivity contribution in [1.29, 1.82) is 0 Å². The van der Waals surface area contributed by atoms with Crippen LogP contribution in [0.5, 0.6) is 17.2 Å². The monoisotopic (exact) mass is 299 g/mol. The average molecular weight is 299 g/mol. The fraction of sp³-hybridized carbons (Fsp3) is 0.333. The summed E-state index contributed by atoms with van der Waals surface area (Å²) >= 11 is 0. The molecule has 0 spiro atoms. The predicted octanol–water partition coefficient (Wildman–Crippen LogP) is 2.82. The van der Waals surface area contributed by atoms with Crippen LogP contribution in [0, 0.1) is 0 Å². The fourth-order valence-corrected chi connectivity index (χ4v) is 3.18. The predicted molar refractivity (Wildman–Crippen MR) is 85.8 cm³/mol. The minimum Gasteiger partial charge on any atom is -0.504 e. The van der Waals surface area contributed by atoms with Crippen LogP contribution in [0.1, 0.15) is 23.6 Å². The normalized spacial score (nSPS) is 20.3. The van der Waals surface area contributed by atoms with Gasteiger partial charge in [0, 0.05) is 6.54 Å². The molecule has 0 bridgehead atoms. The van der Waals surface area contributed by atoms with Crippen LogP contribution in [-0.4, -0.2) is 25.9 Å². The van der Waals surface area contributed by atoms with Crippen LogP contribution in [0.15, 0.2) is 36.4 Å². The number of hydrogen-bond acceptors (Lipinski definition) is 4. The molecule has 2 N–H and O–H groups in total. The second-order valence-electron chi connectivity index (χ2n) is 5.71. The van der Waals surface area contributed by atoms with E-state index in [1.807, 2.05) is 30.3 Å². The van der Waals surface area contributed by atoms with E-state index < -0.39 is 0 Å². The number of fused-ring (bicyclic) bond motifs is 1. The molecule has 1 aliphatic heterocycles. The standard InChI is InChI=1S/C18H21NO3/c1-18(13-5-4-6-14(10-13)21-2)15-11-17(22-3)16(20)9-12(15)7-8-19-18/h4-6,9-11,19-20H,7-8H2,1-3H3. The van der Waals surface area contributed by atoms with Crippen LogP contribution in [0.25, 0.3) is 0 Å². The van der Waals surface area contributed by atoms with E-state index in [1.165, 1.54) is 0 Å². The first kappa shape index (κ1) is 14.7. The van der Waals surface area contributed by atoms with Gasteiger partial charge in [0.15, 0.2) is 11.5 Å². The highest BCUT2D eigenvalue weighted by Gasteiger charge is 2.34. The summed E-state index contributed by atoms with van der Waals surface area (Å²) in [5.74, 6) is 1.52. The van der Waals surface area contributed by atoms with Crippen LogP contribution >= 0.6 is 0 Å². The van der Waals surface area contributed by atoms with Crippen molar-refractivity contribution in [3.8, 4) is 17.2 Å². The molecule has 0 saturated heterocycles. The van der Waals surface area contributed by atoms with Crippen LogP contribution in [-0.2, 0) is 12.0 Å². The van der Waals surface area contributed by atoms with Crippen molar-refractivity contribution in [1.82, 2.24) is 5.32 Å². The van der Waals surface area contributed by atoms with E-state index in [-0.39, 0.29) is 11.3 Å². The highest BCUT2D eigenvalue weighted by molar-refractivity contribution is 5.53. The third-order valence-electron chi connectivity index (χ3n) is 4.46. The molecular weight excluding hydrogens is 278 g/mol. The van der Waals surface area contributed by atoms with Crippen molar-refractivity contribution in [2.24, 2.45) is 0 Å². The van der Waals surface area contributed by atoms with Crippen molar-refractivity contribution in [2.45, 2.75) is 18.9 Å². The summed E-state index contributed by atoms with van der Waals surface area (Å²) in [6.45, 7) is 3.00. The van der Waals surface area contributed by atoms with Gasteiger partial charge in [-0.2, -0.15) is 0 Å². The highest BCUT2D eigenvalue weighted by atomic mass is 16.5. The molecule has 4 heteroatoms. The number of phenolic OH excluding ortho intramolecular Hbond substituents is 1. The van der Waals surface area contributed by atoms with Crippen LogP contribution in [0.4, 0.5) is 0 Å². The molecule has 0 radical (unpaired) electrons. The number of hydrogen-bond donors (Lipinski definition) is 2. The maximum atomic E-state index is 10.0. The van der Waals surface area contributed by atoms with Gasteiger partial charge in [0.05, 0.1) is 19.8 Å². The van der Waals surface area contributed by atoms with Gasteiger partial charge in [-0.15, -0.1) is 0 Å². The zero-order chi connectivity index (χ0) is 15.7. The topological polar surface area (TPSA) is 50.7 Å². The maximum Gasteiger partial charge on any atom is 0.160 e. The van der Waals surface area contributed by atoms with E-state index in [0.717, 1.165) is 35.4 Å². The smallest absolute Gasteiger partial charge is 0.160 e. The Morgan fingerprint density at radius 3 is 2.68 bits per heavy atom. The number of rotatable bonds is 3. The van der Waals surface area contributed by atoms with Gasteiger partial charge in [0.25, 0.3) is 0 Å². The molecule has 4 nitrogen and oxygen atoms in total. The molecule has 2 aromatic rings. The van der Waals surface area contributed by atoms with Gasteiger partial charge < -0.3 is 19.9 Å². The maximum absolute atomic E-state index is 10.0. The molecule has 1 atom stereocenters. The lowest BCUT2D eigenvalue weighted by Crippen LogP contribution is -2.45. The summed E-state index contributed by atoms with van der Waals surface area (Å²) in [5.41, 5.74) is 3.05. The number of nitrogens with one attached hydrogen (secondary N) is 1. The molecule has 0 fully saturated rings. The minimum absolute atomic E-state index is 0.191. The Bertz CT molecular complexity index is 699. The molecule has 2 aromatic carbocycles. The Labute approximate surface area is 130 Å². The molecule has 3 rings (SSSR count). The quantitative estimate of drug-likeness (QED) is 0.915. The molecule has 1 heterocycles. The van der Waals surface area contributed by atoms with Crippen LogP contribution in [0.3, 0.4) is 0 Å². The van der Waals surface area contributed by atoms with Crippen molar-refractivity contribution in [2.75, 3.05) is 20.8 Å². The second-order valence-corrected chi connectivity index (χ2v) is 5.71. The summed E-state index contributed by atoms with van der Waals surface area (Å²) in [6.07, 6.45) is 0.881. The Morgan fingerprint density at radius 1 is 1.14 bits per heavy atom. The first-order valence-corrected chi connectivity index (χ1v) is 7.38. The molecule has 22 heavy (non-hydrogen) atoms. The van der Waals surface area contributed by atoms with E-state index in [1.54, 1.807) is 14.2 Å². The number of methoxy groups -OCH3 is 2. The van der Waals surface area contributed by atoms with Crippen LogP contribution in [0.2, 0.25) is 0 Å². The number of aromatic hydroxyl groups is 1. The molecule has 0 amide bonds. The van der Waals surface area contributed by atoms with Gasteiger partial charge in [-0.1, -0.05) is 12.1 Å². The van der Waals surface area contributed by atoms with Gasteiger partial charge in [-0.3, -0.25) is 0 Å². The zero-order valence-corrected chi connectivity index (χ0v) is 13.1. The summed E-state index contributed by atoms with van der Waals surface area (Å²) < 4.78 is 10.6. The van der Waals surface area contributed by atoms with Gasteiger partial charge in [0.1, 0.15) is 5.75 Å². The Balaban J connectivity index is 2.16. The fourth-order valence-electron chi connectivity index (χ4n) is 3.18. The molecule has 1 unspecified atom stereocenters. The van der Waals surface area contributed by atoms with Crippen molar-refractivity contribution < 1.29 is 14.6 Å². The number of benzene rings is 2. The summed E-state index contributed by atoms with van der Waals surface area (Å²) in [4.78, 5) is 0. The summed E-state index contributed by atoms with van der Waals surface area (Å²) in [7, 11) is 3.24. The van der Waals surface area contributed by atoms with E-state index in [9.17, 15) is 5.11 Å². The number of ether oxygens (including phenoxy) is 2. The van der Waals surface area contributed by atoms with Crippen molar-refractivity contribution >= 4 is 0 Å². The molecular formula is C18H21NO3. The SMILES string of the molecule is COc1cccc(C2(C)NCCc3cc(O)c(OC)cc32)c1. The van der Waals surface area contributed by atoms with E-state index in [4.69, 9.17) is 9.47 Å². The van der Waals surface area contributed by atoms with Crippen molar-refractivity contribution in [3.05, 3.63) is 53.1 Å². The second kappa shape index (κ2) is 5.54. The first-order valence-electron chi connectivity index (χ1n) is 7.38. The van der Waals surface area contributed by atoms with Gasteiger partial charge in [-0.05, 0) is 54.3 Å². The van der Waals surface area contributed by atoms with E-state index >= 15 is 0 Å². The van der Waals surface area contributed by atoms with Gasteiger partial charge >= 0.3 is 0 Å². The lowest BCUT2D eigenvalue weighted by molar-refractivity contribution is 0.363. The van der Waals surface area contributed by atoms with E-state index in [2.05, 4.69) is 18.3 Å². The highest BCUT2D eigenvalue weighted by Crippen LogP contribution is 2.40. The first-order chi connectivity index (χ1) is 10.6. The van der Waals surface area contributed by atoms with Crippen LogP contribution < -0.4 is 14.8 Å². The largest absolute Gasteiger partial charge is 0.504 e. The van der Waals surface area contributed by atoms with Gasteiger partial charge in [-0.25, -0.2) is 0 Å². The lowest BCUT2D eigenvalue weighted by Gasteiger charge is -2.38. The molecule has 0 aromatic heterocycles. The third kappa shape index (κ3) is 2.29. The average Bonchev–Trinajstić information content (AvgIpc) is 2.54. The Hall–Kier alpha value is -2.20. The van der Waals surface area contributed by atoms with Crippen molar-refractivity contribution in [3.63, 3.8) is 0 Å². The Morgan fingerprint density at radius 2 is 1.95 bits per heavy atom. The zero-order valence-electron chi connectivity index (χ0n) is 13.1. The van der Waals surface area contributed by atoms with E-state index in [0.29, 0.717) is 5.75 Å².